The van der Waals surface area contributed by atoms with Gasteiger partial charge in [0, 0.05) is 24.2 Å². The van der Waals surface area contributed by atoms with Crippen molar-refractivity contribution in [2.45, 2.75) is 32.1 Å². The predicted molar refractivity (Wildman–Crippen MR) is 50.4 cm³/mol. The second-order valence-corrected chi connectivity index (χ2v) is 3.42. The summed E-state index contributed by atoms with van der Waals surface area (Å²) in [4.78, 5) is 8.36. The molecule has 2 nitrogen and oxygen atoms in total. The van der Waals surface area contributed by atoms with Gasteiger partial charge in [0.2, 0.25) is 0 Å². The summed E-state index contributed by atoms with van der Waals surface area (Å²) in [7, 11) is 0. The summed E-state index contributed by atoms with van der Waals surface area (Å²) in [5.74, 6) is 0. The van der Waals surface area contributed by atoms with Crippen LogP contribution in [0.3, 0.4) is 0 Å². The van der Waals surface area contributed by atoms with E-state index in [1.165, 1.54) is 0 Å². The monoisotopic (exact) mass is 184 g/mol. The van der Waals surface area contributed by atoms with E-state index in [9.17, 15) is 0 Å². The van der Waals surface area contributed by atoms with E-state index in [2.05, 4.69) is 16.9 Å². The number of halogens is 1. The summed E-state index contributed by atoms with van der Waals surface area (Å²) in [6.45, 7) is 4.03. The van der Waals surface area contributed by atoms with Gasteiger partial charge in [0.05, 0.1) is 11.4 Å². The minimum absolute atomic E-state index is 0.181. The van der Waals surface area contributed by atoms with Crippen molar-refractivity contribution in [3.8, 4) is 0 Å². The van der Waals surface area contributed by atoms with Gasteiger partial charge in [-0.3, -0.25) is 9.97 Å². The van der Waals surface area contributed by atoms with Gasteiger partial charge in [0.25, 0.3) is 0 Å². The Hall–Kier alpha value is -0.630. The number of hydrogen-bond donors (Lipinski definition) is 0. The van der Waals surface area contributed by atoms with E-state index >= 15 is 0 Å². The predicted octanol–water partition coefficient (Wildman–Crippen LogP) is 2.34. The van der Waals surface area contributed by atoms with Crippen molar-refractivity contribution in [1.82, 2.24) is 9.97 Å². The van der Waals surface area contributed by atoms with E-state index in [-0.39, 0.29) is 5.38 Å². The van der Waals surface area contributed by atoms with Gasteiger partial charge >= 0.3 is 0 Å². The molecule has 1 rings (SSSR count). The van der Waals surface area contributed by atoms with Crippen LogP contribution in [0, 0.1) is 6.92 Å². The van der Waals surface area contributed by atoms with Gasteiger partial charge in [0.15, 0.2) is 0 Å². The standard InChI is InChI=1S/C9H13ClN2/c1-3-8(10)6-9-7(2)11-4-5-12-9/h4-5,8H,3,6H2,1-2H3. The molecule has 66 valence electrons. The molecule has 0 N–H and O–H groups in total. The maximum absolute atomic E-state index is 6.00. The van der Waals surface area contributed by atoms with Crippen LogP contribution in [-0.4, -0.2) is 15.3 Å². The Bertz CT molecular complexity index is 250. The average molecular weight is 185 g/mol. The van der Waals surface area contributed by atoms with Crippen LogP contribution in [-0.2, 0) is 6.42 Å². The third kappa shape index (κ3) is 2.45. The fraction of sp³-hybridized carbons (Fsp3) is 0.556. The van der Waals surface area contributed by atoms with Crippen LogP contribution in [0.1, 0.15) is 24.7 Å². The van der Waals surface area contributed by atoms with Gasteiger partial charge in [-0.1, -0.05) is 6.92 Å². The molecule has 3 heteroatoms. The molecule has 0 radical (unpaired) electrons. The molecule has 0 spiro atoms. The van der Waals surface area contributed by atoms with Gasteiger partial charge in [-0.25, -0.2) is 0 Å². The molecule has 1 aromatic rings. The van der Waals surface area contributed by atoms with E-state index in [4.69, 9.17) is 11.6 Å². The third-order valence-electron chi connectivity index (χ3n) is 1.84. The lowest BCUT2D eigenvalue weighted by atomic mass is 10.1. The normalized spacial score (nSPS) is 12.9. The molecule has 1 heterocycles. The molecule has 0 aliphatic carbocycles. The van der Waals surface area contributed by atoms with Gasteiger partial charge in [0.1, 0.15) is 0 Å². The Morgan fingerprint density at radius 3 is 2.67 bits per heavy atom. The van der Waals surface area contributed by atoms with Crippen molar-refractivity contribution < 1.29 is 0 Å². The van der Waals surface area contributed by atoms with Crippen LogP contribution in [0.25, 0.3) is 0 Å². The van der Waals surface area contributed by atoms with E-state index in [0.717, 1.165) is 24.2 Å². The molecule has 1 atom stereocenters. The number of alkyl halides is 1. The second-order valence-electron chi connectivity index (χ2n) is 2.80. The molecule has 1 unspecified atom stereocenters. The summed E-state index contributed by atoms with van der Waals surface area (Å²) < 4.78 is 0. The fourth-order valence-electron chi connectivity index (χ4n) is 0.991. The van der Waals surface area contributed by atoms with Crippen LogP contribution in [0.15, 0.2) is 12.4 Å². The summed E-state index contributed by atoms with van der Waals surface area (Å²) in [6.07, 6.45) is 5.20. The number of hydrogen-bond acceptors (Lipinski definition) is 2. The molecule has 0 fully saturated rings. The summed E-state index contributed by atoms with van der Waals surface area (Å²) in [5, 5.41) is 0.181. The number of nitrogens with zero attached hydrogens (tertiary/aromatic N) is 2. The molecule has 0 aliphatic heterocycles. The van der Waals surface area contributed by atoms with Crippen molar-refractivity contribution in [1.29, 1.82) is 0 Å². The lowest BCUT2D eigenvalue weighted by Crippen LogP contribution is -2.05. The Balaban J connectivity index is 2.69. The van der Waals surface area contributed by atoms with Crippen LogP contribution in [0.5, 0.6) is 0 Å². The molecule has 12 heavy (non-hydrogen) atoms. The maximum atomic E-state index is 6.00. The lowest BCUT2D eigenvalue weighted by molar-refractivity contribution is 0.773. The molecule has 0 saturated carbocycles. The highest BCUT2D eigenvalue weighted by molar-refractivity contribution is 6.20. The fourth-order valence-corrected chi connectivity index (χ4v) is 1.14. The topological polar surface area (TPSA) is 25.8 Å². The summed E-state index contributed by atoms with van der Waals surface area (Å²) >= 11 is 6.00. The van der Waals surface area contributed by atoms with Crippen molar-refractivity contribution in [3.63, 3.8) is 0 Å². The first kappa shape index (κ1) is 9.46. The minimum Gasteiger partial charge on any atom is -0.258 e. The molecule has 0 bridgehead atoms. The van der Waals surface area contributed by atoms with Crippen molar-refractivity contribution in [3.05, 3.63) is 23.8 Å². The first-order chi connectivity index (χ1) is 5.74. The van der Waals surface area contributed by atoms with Crippen molar-refractivity contribution >= 4 is 11.6 Å². The zero-order valence-corrected chi connectivity index (χ0v) is 8.17. The molecular formula is C9H13ClN2. The van der Waals surface area contributed by atoms with E-state index in [0.29, 0.717) is 0 Å². The molecular weight excluding hydrogens is 172 g/mol. The van der Waals surface area contributed by atoms with Crippen molar-refractivity contribution in [2.75, 3.05) is 0 Å². The largest absolute Gasteiger partial charge is 0.258 e. The first-order valence-electron chi connectivity index (χ1n) is 4.14. The Morgan fingerprint density at radius 2 is 2.08 bits per heavy atom. The van der Waals surface area contributed by atoms with E-state index < -0.39 is 0 Å². The highest BCUT2D eigenvalue weighted by Gasteiger charge is 2.06. The van der Waals surface area contributed by atoms with Gasteiger partial charge in [-0.2, -0.15) is 0 Å². The molecule has 0 amide bonds. The second kappa shape index (κ2) is 4.41. The zero-order chi connectivity index (χ0) is 8.97. The average Bonchev–Trinajstić information content (AvgIpc) is 2.09. The lowest BCUT2D eigenvalue weighted by Gasteiger charge is -2.06. The van der Waals surface area contributed by atoms with Crippen LogP contribution in [0.2, 0.25) is 0 Å². The minimum atomic E-state index is 0.181. The molecule has 0 aromatic carbocycles. The van der Waals surface area contributed by atoms with E-state index in [1.807, 2.05) is 6.92 Å². The van der Waals surface area contributed by atoms with Gasteiger partial charge < -0.3 is 0 Å². The first-order valence-corrected chi connectivity index (χ1v) is 4.58. The highest BCUT2D eigenvalue weighted by atomic mass is 35.5. The summed E-state index contributed by atoms with van der Waals surface area (Å²) in [6, 6.07) is 0. The zero-order valence-electron chi connectivity index (χ0n) is 7.42. The van der Waals surface area contributed by atoms with Crippen LogP contribution < -0.4 is 0 Å². The SMILES string of the molecule is CCC(Cl)Cc1nccnc1C. The molecule has 1 aromatic heterocycles. The van der Waals surface area contributed by atoms with E-state index in [1.54, 1.807) is 12.4 Å². The quantitative estimate of drug-likeness (QED) is 0.674. The Morgan fingerprint density at radius 1 is 1.42 bits per heavy atom. The summed E-state index contributed by atoms with van der Waals surface area (Å²) in [5.41, 5.74) is 2.00. The third-order valence-corrected chi connectivity index (χ3v) is 2.30. The number of aromatic nitrogens is 2. The molecule has 0 saturated heterocycles. The number of rotatable bonds is 3. The maximum Gasteiger partial charge on any atom is 0.0630 e. The van der Waals surface area contributed by atoms with Crippen LogP contribution >= 0.6 is 11.6 Å². The smallest absolute Gasteiger partial charge is 0.0630 e. The van der Waals surface area contributed by atoms with Gasteiger partial charge in [-0.15, -0.1) is 11.6 Å². The van der Waals surface area contributed by atoms with Crippen LogP contribution in [0.4, 0.5) is 0 Å². The Labute approximate surface area is 78.0 Å². The highest BCUT2D eigenvalue weighted by Crippen LogP contribution is 2.10. The van der Waals surface area contributed by atoms with Gasteiger partial charge in [-0.05, 0) is 13.3 Å². The molecule has 0 aliphatic rings. The Kier molecular flexibility index (Phi) is 3.48. The van der Waals surface area contributed by atoms with Crippen molar-refractivity contribution in [2.24, 2.45) is 0 Å². The number of aryl methyl sites for hydroxylation is 1.